The number of para-hydroxylation sites is 2. The van der Waals surface area contributed by atoms with Crippen LogP contribution < -0.4 is 0 Å². The molecule has 0 N–H and O–H groups in total. The van der Waals surface area contributed by atoms with Gasteiger partial charge in [0.05, 0.1) is 34.2 Å². The van der Waals surface area contributed by atoms with Gasteiger partial charge in [0.1, 0.15) is 0 Å². The predicted octanol–water partition coefficient (Wildman–Crippen LogP) is 10.3. The summed E-state index contributed by atoms with van der Waals surface area (Å²) in [5.41, 5.74) is 9.12. The molecule has 47 heavy (non-hydrogen) atoms. The molecular weight excluding hydrogens is 574 g/mol. The number of hydrogen-bond acceptors (Lipinski definition) is 3. The standard InChI is InChI=1S/C42H28N5/c1-4-15-28(16-5-1)38-39-37(33-23-10-12-25-35(33)43-38)34-24-11-13-26-36(34)47(39)32-22-14-21-31(27-32)42-45-40(29-17-6-2-7-18-29)44-41(46-42)30-19-8-3-9-20-30/h1-27,40H/q-1. The minimum absolute atomic E-state index is 0.393. The van der Waals surface area contributed by atoms with Gasteiger partial charge in [-0.1, -0.05) is 145 Å². The second-order valence-corrected chi connectivity index (χ2v) is 11.6. The number of fused-ring (bicyclic) bond motifs is 5. The van der Waals surface area contributed by atoms with Crippen molar-refractivity contribution in [3.63, 3.8) is 0 Å². The molecule has 9 rings (SSSR count). The fraction of sp³-hybridized carbons (Fsp3) is 0.0238. The Morgan fingerprint density at radius 3 is 1.98 bits per heavy atom. The van der Waals surface area contributed by atoms with Crippen molar-refractivity contribution in [3.8, 4) is 16.9 Å². The van der Waals surface area contributed by atoms with E-state index in [1.54, 1.807) is 0 Å². The van der Waals surface area contributed by atoms with E-state index in [4.69, 9.17) is 20.3 Å². The molecule has 1 aliphatic rings. The molecule has 0 saturated heterocycles. The van der Waals surface area contributed by atoms with E-state index in [1.807, 2.05) is 54.6 Å². The average molecular weight is 603 g/mol. The number of aromatic nitrogens is 2. The van der Waals surface area contributed by atoms with Gasteiger partial charge >= 0.3 is 0 Å². The summed E-state index contributed by atoms with van der Waals surface area (Å²) in [5.74, 6) is 1.33. The predicted molar refractivity (Wildman–Crippen MR) is 194 cm³/mol. The summed E-state index contributed by atoms with van der Waals surface area (Å²) in [6.45, 7) is 0. The lowest BCUT2D eigenvalue weighted by Crippen LogP contribution is -2.16. The third-order valence-electron chi connectivity index (χ3n) is 8.75. The lowest BCUT2D eigenvalue weighted by atomic mass is 10.0. The molecule has 0 amide bonds. The van der Waals surface area contributed by atoms with Crippen LogP contribution in [-0.2, 0) is 0 Å². The van der Waals surface area contributed by atoms with E-state index in [0.29, 0.717) is 11.7 Å². The molecule has 1 unspecified atom stereocenters. The maximum atomic E-state index is 5.28. The van der Waals surface area contributed by atoms with Crippen LogP contribution in [0.5, 0.6) is 0 Å². The van der Waals surface area contributed by atoms with Crippen molar-refractivity contribution in [1.82, 2.24) is 9.55 Å². The topological polar surface area (TPSA) is 56.6 Å². The van der Waals surface area contributed by atoms with Gasteiger partial charge in [0, 0.05) is 27.4 Å². The first-order valence-electron chi connectivity index (χ1n) is 15.8. The first kappa shape index (κ1) is 27.0. The summed E-state index contributed by atoms with van der Waals surface area (Å²) in [7, 11) is 0. The maximum Gasteiger partial charge on any atom is 0.0956 e. The highest BCUT2D eigenvalue weighted by Crippen LogP contribution is 2.41. The van der Waals surface area contributed by atoms with Crippen LogP contribution in [0.4, 0.5) is 0 Å². The van der Waals surface area contributed by atoms with Crippen molar-refractivity contribution in [2.75, 3.05) is 0 Å². The zero-order valence-corrected chi connectivity index (χ0v) is 25.4. The van der Waals surface area contributed by atoms with Crippen molar-refractivity contribution in [2.45, 2.75) is 6.17 Å². The van der Waals surface area contributed by atoms with Gasteiger partial charge in [-0.05, 0) is 41.0 Å². The van der Waals surface area contributed by atoms with Gasteiger partial charge in [-0.25, -0.2) is 4.98 Å². The van der Waals surface area contributed by atoms with Gasteiger partial charge in [0.25, 0.3) is 0 Å². The van der Waals surface area contributed by atoms with Crippen LogP contribution in [0.25, 0.3) is 55.0 Å². The molecule has 1 atom stereocenters. The highest BCUT2D eigenvalue weighted by molar-refractivity contribution is 6.24. The number of amidine groups is 2. The van der Waals surface area contributed by atoms with Gasteiger partial charge in [0.2, 0.25) is 0 Å². The molecule has 1 aliphatic heterocycles. The summed E-state index contributed by atoms with van der Waals surface area (Å²) < 4.78 is 2.35. The molecule has 5 heteroatoms. The Bertz CT molecular complexity index is 2480. The highest BCUT2D eigenvalue weighted by Gasteiger charge is 2.21. The van der Waals surface area contributed by atoms with E-state index in [2.05, 4.69) is 114 Å². The van der Waals surface area contributed by atoms with E-state index in [-0.39, 0.29) is 0 Å². The molecule has 0 fully saturated rings. The van der Waals surface area contributed by atoms with Crippen LogP contribution in [0, 0.1) is 0 Å². The third-order valence-corrected chi connectivity index (χ3v) is 8.75. The number of pyridine rings is 1. The number of hydrogen-bond donors (Lipinski definition) is 0. The molecule has 0 aliphatic carbocycles. The lowest BCUT2D eigenvalue weighted by molar-refractivity contribution is 0.878. The minimum Gasteiger partial charge on any atom is -0.438 e. The van der Waals surface area contributed by atoms with Gasteiger partial charge in [-0.2, -0.15) is 0 Å². The number of nitrogens with zero attached hydrogens (tertiary/aromatic N) is 5. The Kier molecular flexibility index (Phi) is 6.46. The average Bonchev–Trinajstić information content (AvgIpc) is 3.51. The summed E-state index contributed by atoms with van der Waals surface area (Å²) in [4.78, 5) is 15.3. The monoisotopic (exact) mass is 602 g/mol. The fourth-order valence-corrected chi connectivity index (χ4v) is 6.60. The molecular formula is C42H28N5-. The molecule has 0 bridgehead atoms. The molecule has 0 saturated carbocycles. The minimum atomic E-state index is -0.393. The number of rotatable bonds is 5. The van der Waals surface area contributed by atoms with Crippen molar-refractivity contribution < 1.29 is 0 Å². The van der Waals surface area contributed by atoms with Crippen molar-refractivity contribution in [3.05, 3.63) is 186 Å². The van der Waals surface area contributed by atoms with E-state index in [1.165, 1.54) is 10.8 Å². The molecule has 2 aromatic heterocycles. The van der Waals surface area contributed by atoms with Crippen molar-refractivity contribution in [1.29, 1.82) is 0 Å². The normalized spacial score (nSPS) is 14.6. The molecule has 0 radical (unpaired) electrons. The zero-order chi connectivity index (χ0) is 31.2. The van der Waals surface area contributed by atoms with E-state index in [9.17, 15) is 0 Å². The first-order valence-corrected chi connectivity index (χ1v) is 15.8. The fourth-order valence-electron chi connectivity index (χ4n) is 6.60. The van der Waals surface area contributed by atoms with Gasteiger partial charge in [-0.15, -0.1) is 0 Å². The summed E-state index contributed by atoms with van der Waals surface area (Å²) in [6, 6.07) is 56.4. The van der Waals surface area contributed by atoms with E-state index in [0.717, 1.165) is 55.6 Å². The molecule has 8 aromatic rings. The molecule has 222 valence electrons. The first-order chi connectivity index (χ1) is 23.3. The van der Waals surface area contributed by atoms with Crippen LogP contribution in [0.2, 0.25) is 0 Å². The second-order valence-electron chi connectivity index (χ2n) is 11.6. The summed E-state index contributed by atoms with van der Waals surface area (Å²) in [5, 5.41) is 8.60. The lowest BCUT2D eigenvalue weighted by Gasteiger charge is -2.32. The van der Waals surface area contributed by atoms with Gasteiger partial charge < -0.3 is 14.9 Å². The largest absolute Gasteiger partial charge is 0.438 e. The van der Waals surface area contributed by atoms with Gasteiger partial charge in [0.15, 0.2) is 0 Å². The van der Waals surface area contributed by atoms with E-state index < -0.39 is 6.17 Å². The van der Waals surface area contributed by atoms with Crippen LogP contribution >= 0.6 is 0 Å². The van der Waals surface area contributed by atoms with Crippen molar-refractivity contribution in [2.24, 2.45) is 9.98 Å². The Labute approximate surface area is 272 Å². The zero-order valence-electron chi connectivity index (χ0n) is 25.4. The highest BCUT2D eigenvalue weighted by atomic mass is 15.2. The number of aliphatic imine (C=N–C) groups is 2. The maximum absolute atomic E-state index is 5.28. The van der Waals surface area contributed by atoms with Crippen LogP contribution in [0.1, 0.15) is 22.9 Å². The van der Waals surface area contributed by atoms with Gasteiger partial charge in [-0.3, -0.25) is 4.99 Å². The van der Waals surface area contributed by atoms with Crippen LogP contribution in [-0.4, -0.2) is 21.2 Å². The Hall–Kier alpha value is -6.33. The molecule has 3 heterocycles. The Balaban J connectivity index is 1.28. The SMILES string of the molecule is c1ccc(C2=NC(c3ccccc3)[N-]C(c3cccc(-n4c5ccccc5c5c6ccccc6nc(-c6ccccc6)c54)c3)=N2)cc1. The Morgan fingerprint density at radius 1 is 0.553 bits per heavy atom. The Morgan fingerprint density at radius 2 is 1.19 bits per heavy atom. The quantitative estimate of drug-likeness (QED) is 0.193. The second kappa shape index (κ2) is 11.2. The van der Waals surface area contributed by atoms with Crippen LogP contribution in [0.3, 0.4) is 0 Å². The summed E-state index contributed by atoms with van der Waals surface area (Å²) >= 11 is 0. The molecule has 0 spiro atoms. The third kappa shape index (κ3) is 4.68. The number of benzene rings is 6. The molecule has 6 aromatic carbocycles. The van der Waals surface area contributed by atoms with Crippen molar-refractivity contribution >= 4 is 44.4 Å². The summed E-state index contributed by atoms with van der Waals surface area (Å²) in [6.07, 6.45) is -0.393. The molecule has 5 nitrogen and oxygen atoms in total. The van der Waals surface area contributed by atoms with Crippen LogP contribution in [0.15, 0.2) is 174 Å². The van der Waals surface area contributed by atoms with E-state index >= 15 is 0 Å². The smallest absolute Gasteiger partial charge is 0.0956 e.